The topological polar surface area (TPSA) is 87.4 Å². The van der Waals surface area contributed by atoms with E-state index in [4.69, 9.17) is 9.40 Å². The summed E-state index contributed by atoms with van der Waals surface area (Å²) < 4.78 is 45.3. The van der Waals surface area contributed by atoms with Crippen LogP contribution in [0.4, 0.5) is 35.3 Å². The predicted molar refractivity (Wildman–Crippen MR) is 131 cm³/mol. The number of hydrogen-bond acceptors (Lipinski definition) is 6. The Bertz CT molecular complexity index is 1450. The van der Waals surface area contributed by atoms with Crippen LogP contribution in [0, 0.1) is 0 Å². The van der Waals surface area contributed by atoms with Gasteiger partial charge in [-0.05, 0) is 49.2 Å². The number of piperidine rings is 1. The zero-order valence-corrected chi connectivity index (χ0v) is 19.4. The second-order valence-electron chi connectivity index (χ2n) is 8.93. The molecule has 1 saturated heterocycles. The fourth-order valence-corrected chi connectivity index (χ4v) is 4.86. The molecule has 3 aliphatic heterocycles. The maximum Gasteiger partial charge on any atom is 0.416 e. The molecule has 0 atom stereocenters. The Morgan fingerprint density at radius 1 is 1.05 bits per heavy atom. The minimum atomic E-state index is -4.47. The summed E-state index contributed by atoms with van der Waals surface area (Å²) in [5.41, 5.74) is 1.41. The monoisotopic (exact) mass is 506 g/mol. The summed E-state index contributed by atoms with van der Waals surface area (Å²) in [6.45, 7) is 1.51. The van der Waals surface area contributed by atoms with E-state index in [-0.39, 0.29) is 6.04 Å². The number of nitrogens with zero attached hydrogens (tertiary/aromatic N) is 5. The lowest BCUT2D eigenvalue weighted by Crippen LogP contribution is -2.46. The van der Waals surface area contributed by atoms with Gasteiger partial charge in [-0.25, -0.2) is 19.7 Å². The van der Waals surface area contributed by atoms with Crippen molar-refractivity contribution in [1.82, 2.24) is 15.0 Å². The quantitative estimate of drug-likeness (QED) is 0.376. The molecule has 7 rings (SSSR count). The maximum absolute atomic E-state index is 13.6. The first-order valence-corrected chi connectivity index (χ1v) is 11.8. The van der Waals surface area contributed by atoms with Gasteiger partial charge in [0.25, 0.3) is 0 Å². The van der Waals surface area contributed by atoms with Crippen LogP contribution in [0.25, 0.3) is 22.6 Å². The highest BCUT2D eigenvalue weighted by Crippen LogP contribution is 2.40. The van der Waals surface area contributed by atoms with Gasteiger partial charge in [-0.2, -0.15) is 13.2 Å². The molecule has 0 saturated carbocycles. The summed E-state index contributed by atoms with van der Waals surface area (Å²) in [6.07, 6.45) is 1.47. The summed E-state index contributed by atoms with van der Waals surface area (Å²) in [4.78, 5) is 30.3. The molecule has 0 aliphatic carbocycles. The zero-order valence-electron chi connectivity index (χ0n) is 19.4. The van der Waals surface area contributed by atoms with Crippen molar-refractivity contribution in [3.05, 3.63) is 72.9 Å². The number of anilines is 3. The number of hydrogen-bond donors (Lipinski definition) is 1. The third-order valence-electron chi connectivity index (χ3n) is 6.67. The van der Waals surface area contributed by atoms with Crippen LogP contribution in [-0.2, 0) is 6.18 Å². The number of carbonyl (C=O) groups is 1. The van der Waals surface area contributed by atoms with Gasteiger partial charge in [-0.15, -0.1) is 0 Å². The highest BCUT2D eigenvalue weighted by atomic mass is 19.4. The lowest BCUT2D eigenvalue weighted by Gasteiger charge is -2.31. The molecule has 8 nitrogen and oxygen atoms in total. The van der Waals surface area contributed by atoms with Crippen molar-refractivity contribution in [3.63, 3.8) is 0 Å². The number of benzene rings is 1. The van der Waals surface area contributed by atoms with Gasteiger partial charge in [-0.3, -0.25) is 10.2 Å². The van der Waals surface area contributed by atoms with Crippen LogP contribution in [0.1, 0.15) is 18.4 Å². The van der Waals surface area contributed by atoms with Gasteiger partial charge in [0.05, 0.1) is 23.1 Å². The molecule has 2 amide bonds. The molecule has 4 aromatic rings. The number of carbonyl (C=O) groups excluding carboxylic acids is 1. The Balaban J connectivity index is 1.36. The van der Waals surface area contributed by atoms with Gasteiger partial charge < -0.3 is 9.32 Å². The average molecular weight is 506 g/mol. The number of fused-ring (bicyclic) bond motifs is 2. The molecule has 2 bridgehead atoms. The lowest BCUT2D eigenvalue weighted by molar-refractivity contribution is -0.137. The number of rotatable bonds is 3. The summed E-state index contributed by atoms with van der Waals surface area (Å²) >= 11 is 0. The predicted octanol–water partition coefficient (Wildman–Crippen LogP) is 5.84. The van der Waals surface area contributed by atoms with E-state index < -0.39 is 17.8 Å². The van der Waals surface area contributed by atoms with E-state index >= 15 is 0 Å². The molecular formula is C26H21F3N6O2. The number of nitrogens with one attached hydrogen (secondary N) is 1. The van der Waals surface area contributed by atoms with Crippen molar-refractivity contribution in [1.29, 1.82) is 0 Å². The number of halogens is 3. The summed E-state index contributed by atoms with van der Waals surface area (Å²) in [5.74, 6) is 1.28. The highest BCUT2D eigenvalue weighted by molar-refractivity contribution is 6.04. The van der Waals surface area contributed by atoms with Gasteiger partial charge in [0, 0.05) is 36.5 Å². The Morgan fingerprint density at radius 3 is 2.65 bits per heavy atom. The Morgan fingerprint density at radius 2 is 1.89 bits per heavy atom. The fourth-order valence-electron chi connectivity index (χ4n) is 4.86. The molecule has 0 radical (unpaired) electrons. The van der Waals surface area contributed by atoms with Crippen molar-refractivity contribution in [2.24, 2.45) is 0 Å². The van der Waals surface area contributed by atoms with Crippen LogP contribution in [0.2, 0.25) is 0 Å². The van der Waals surface area contributed by atoms with E-state index in [0.717, 1.165) is 43.8 Å². The highest BCUT2D eigenvalue weighted by Gasteiger charge is 2.37. The molecule has 11 heteroatoms. The molecule has 1 aromatic carbocycles. The minimum absolute atomic E-state index is 0.112. The zero-order chi connectivity index (χ0) is 25.6. The number of aromatic nitrogens is 3. The van der Waals surface area contributed by atoms with Crippen molar-refractivity contribution in [2.75, 3.05) is 28.2 Å². The molecule has 1 fully saturated rings. The van der Waals surface area contributed by atoms with Crippen LogP contribution >= 0.6 is 0 Å². The van der Waals surface area contributed by atoms with Crippen LogP contribution in [-0.4, -0.2) is 40.1 Å². The Kier molecular flexibility index (Phi) is 5.54. The Labute approximate surface area is 209 Å². The fraction of sp³-hybridized carbons (Fsp3) is 0.231. The van der Waals surface area contributed by atoms with Crippen molar-refractivity contribution in [2.45, 2.75) is 25.1 Å². The number of pyridine rings is 2. The number of amides is 2. The normalized spacial score (nSPS) is 15.4. The van der Waals surface area contributed by atoms with Gasteiger partial charge in [0.2, 0.25) is 0 Å². The lowest BCUT2D eigenvalue weighted by atomic mass is 10.1. The Hall–Kier alpha value is -4.41. The van der Waals surface area contributed by atoms with E-state index in [2.05, 4.69) is 20.2 Å². The van der Waals surface area contributed by atoms with E-state index in [1.54, 1.807) is 41.6 Å². The van der Waals surface area contributed by atoms with Gasteiger partial charge in [0.15, 0.2) is 18.0 Å². The standard InChI is InChI=1S/C26H21F3N6O2/c27-26(28,29)18-3-1-2-16(12-18)20-4-5-21-24(32-20)35(19-7-10-34(21)11-8-19)25(36)33-23-13-17(6-9-31-23)22-14-30-15-37-22/h1-6,9,12-15,19H,7-8,10-11H2,(H,31,33,36). The third kappa shape index (κ3) is 4.37. The third-order valence-corrected chi connectivity index (χ3v) is 6.67. The van der Waals surface area contributed by atoms with Gasteiger partial charge in [0.1, 0.15) is 5.82 Å². The molecule has 0 unspecified atom stereocenters. The van der Waals surface area contributed by atoms with Crippen LogP contribution in [0.15, 0.2) is 71.7 Å². The van der Waals surface area contributed by atoms with E-state index in [1.165, 1.54) is 12.5 Å². The molecule has 0 spiro atoms. The van der Waals surface area contributed by atoms with Gasteiger partial charge in [-0.1, -0.05) is 12.1 Å². The molecule has 3 aliphatic rings. The summed E-state index contributed by atoms with van der Waals surface area (Å²) in [7, 11) is 0. The first kappa shape index (κ1) is 23.0. The van der Waals surface area contributed by atoms with Crippen LogP contribution in [0.3, 0.4) is 0 Å². The molecular weight excluding hydrogens is 485 g/mol. The molecule has 37 heavy (non-hydrogen) atoms. The first-order chi connectivity index (χ1) is 17.9. The van der Waals surface area contributed by atoms with E-state index in [0.29, 0.717) is 34.2 Å². The summed E-state index contributed by atoms with van der Waals surface area (Å²) in [5, 5.41) is 2.86. The number of alkyl halides is 3. The SMILES string of the molecule is O=C(Nc1cc(-c2cnco2)ccn1)N1c2nc(-c3cccc(C(F)(F)F)c3)ccc2N2CCC1CC2. The molecule has 3 aromatic heterocycles. The molecule has 6 heterocycles. The van der Waals surface area contributed by atoms with Crippen molar-refractivity contribution in [3.8, 4) is 22.6 Å². The van der Waals surface area contributed by atoms with Crippen molar-refractivity contribution >= 4 is 23.4 Å². The first-order valence-electron chi connectivity index (χ1n) is 11.8. The maximum atomic E-state index is 13.6. The second kappa shape index (κ2) is 8.91. The van der Waals surface area contributed by atoms with Crippen molar-refractivity contribution < 1.29 is 22.4 Å². The van der Waals surface area contributed by atoms with Gasteiger partial charge >= 0.3 is 12.2 Å². The average Bonchev–Trinajstić information content (AvgIpc) is 3.34. The van der Waals surface area contributed by atoms with E-state index in [9.17, 15) is 18.0 Å². The second-order valence-corrected chi connectivity index (χ2v) is 8.93. The number of urea groups is 1. The summed E-state index contributed by atoms with van der Waals surface area (Å²) in [6, 6.07) is 11.5. The smallest absolute Gasteiger partial charge is 0.416 e. The van der Waals surface area contributed by atoms with E-state index in [1.807, 2.05) is 6.07 Å². The molecule has 188 valence electrons. The minimum Gasteiger partial charge on any atom is -0.444 e. The van der Waals surface area contributed by atoms with Crippen LogP contribution in [0.5, 0.6) is 0 Å². The number of oxazole rings is 1. The largest absolute Gasteiger partial charge is 0.444 e. The van der Waals surface area contributed by atoms with Crippen LogP contribution < -0.4 is 15.1 Å². The molecule has 1 N–H and O–H groups in total.